The lowest BCUT2D eigenvalue weighted by atomic mass is 10.0. The molecule has 0 unspecified atom stereocenters. The molecule has 386 valence electrons. The smallest absolute Gasteiger partial charge is 0.159 e. The van der Waals surface area contributed by atoms with Crippen LogP contribution < -0.4 is 10.6 Å². The first-order chi connectivity index (χ1) is 37.5. The van der Waals surface area contributed by atoms with Crippen LogP contribution in [0.25, 0.3) is 112 Å². The van der Waals surface area contributed by atoms with Crippen molar-refractivity contribution in [3.8, 4) is 67.8 Å². The molecule has 0 aliphatic heterocycles. The number of rotatable bonds is 13. The van der Waals surface area contributed by atoms with E-state index >= 15 is 4.39 Å². The molecule has 77 heavy (non-hydrogen) atoms. The van der Waals surface area contributed by atoms with Crippen LogP contribution in [0.3, 0.4) is 0 Å². The lowest BCUT2D eigenvalue weighted by molar-refractivity contribution is 0.425. The molecule has 0 amide bonds. The van der Waals surface area contributed by atoms with Crippen LogP contribution in [0.1, 0.15) is 27.2 Å². The van der Waals surface area contributed by atoms with Crippen molar-refractivity contribution in [1.29, 1.82) is 0 Å². The molecule has 16 nitrogen and oxygen atoms in total. The molecule has 0 atom stereocenters. The van der Waals surface area contributed by atoms with Crippen LogP contribution in [0.5, 0.6) is 0 Å². The highest BCUT2D eigenvalue weighted by Crippen LogP contribution is 2.37. The number of nitrogens with one attached hydrogen (secondary N) is 6. The number of allylic oxidation sites excluding steroid dienone is 1. The fourth-order valence-corrected chi connectivity index (χ4v) is 8.67. The maximum atomic E-state index is 15.1. The van der Waals surface area contributed by atoms with Crippen LogP contribution in [-0.4, -0.2) is 97.3 Å². The van der Waals surface area contributed by atoms with Gasteiger partial charge in [-0.2, -0.15) is 10.2 Å². The summed E-state index contributed by atoms with van der Waals surface area (Å²) in [6, 6.07) is 22.7. The van der Waals surface area contributed by atoms with Gasteiger partial charge in [0, 0.05) is 100 Å². The Morgan fingerprint density at radius 1 is 0.597 bits per heavy atom. The average Bonchev–Trinajstić information content (AvgIpc) is 4.39. The number of hydrogen-bond acceptors (Lipinski definition) is 12. The second-order valence-corrected chi connectivity index (χ2v) is 17.8. The molecule has 0 bridgehead atoms. The molecule has 12 aromatic rings. The molecule has 4 aromatic carbocycles. The zero-order valence-electron chi connectivity index (χ0n) is 42.4. The lowest BCUT2D eigenvalue weighted by Gasteiger charge is -2.12. The monoisotopic (exact) mass is 1030 g/mol. The molecular weight excluding hydrogens is 985 g/mol. The number of H-pyrrole nitrogens is 4. The number of anilines is 2. The Morgan fingerprint density at radius 2 is 1.30 bits per heavy atom. The van der Waals surface area contributed by atoms with Crippen molar-refractivity contribution in [2.75, 3.05) is 37.8 Å². The van der Waals surface area contributed by atoms with Crippen molar-refractivity contribution in [3.63, 3.8) is 0 Å². The van der Waals surface area contributed by atoms with Crippen LogP contribution in [-0.2, 0) is 0 Å². The summed E-state index contributed by atoms with van der Waals surface area (Å²) in [6.07, 6.45) is 12.0. The van der Waals surface area contributed by atoms with Gasteiger partial charge < -0.3 is 25.5 Å². The number of hydrogen-bond donors (Lipinski definition) is 6. The first-order valence-electron chi connectivity index (χ1n) is 24.6. The van der Waals surface area contributed by atoms with Gasteiger partial charge in [0.05, 0.1) is 39.8 Å². The van der Waals surface area contributed by atoms with Crippen LogP contribution >= 0.6 is 0 Å². The van der Waals surface area contributed by atoms with Gasteiger partial charge in [0.1, 0.15) is 51.7 Å². The van der Waals surface area contributed by atoms with E-state index in [9.17, 15) is 13.2 Å². The lowest BCUT2D eigenvalue weighted by Crippen LogP contribution is -2.20. The van der Waals surface area contributed by atoms with Crippen molar-refractivity contribution in [1.82, 2.24) is 70.2 Å². The van der Waals surface area contributed by atoms with Crippen molar-refractivity contribution >= 4 is 55.2 Å². The van der Waals surface area contributed by atoms with Crippen molar-refractivity contribution in [3.05, 3.63) is 164 Å². The van der Waals surface area contributed by atoms with Gasteiger partial charge in [-0.05, 0) is 92.8 Å². The second-order valence-electron chi connectivity index (χ2n) is 17.8. The summed E-state index contributed by atoms with van der Waals surface area (Å²) >= 11 is 0. The minimum absolute atomic E-state index is 0.193. The van der Waals surface area contributed by atoms with E-state index < -0.39 is 11.6 Å². The number of imidazole rings is 2. The van der Waals surface area contributed by atoms with E-state index in [0.717, 1.165) is 29.9 Å². The van der Waals surface area contributed by atoms with Gasteiger partial charge in [0.25, 0.3) is 0 Å². The Kier molecular flexibility index (Phi) is 14.5. The molecule has 12 rings (SSSR count). The predicted molar refractivity (Wildman–Crippen MR) is 294 cm³/mol. The number of halogens is 4. The minimum atomic E-state index is -0.476. The highest BCUT2D eigenvalue weighted by Gasteiger charge is 2.21. The Bertz CT molecular complexity index is 4090. The van der Waals surface area contributed by atoms with Crippen LogP contribution in [0, 0.1) is 23.3 Å². The van der Waals surface area contributed by atoms with Gasteiger partial charge in [-0.25, -0.2) is 37.5 Å². The van der Waals surface area contributed by atoms with E-state index in [1.807, 2.05) is 58.0 Å². The highest BCUT2D eigenvalue weighted by atomic mass is 19.1. The van der Waals surface area contributed by atoms with E-state index in [-0.39, 0.29) is 17.2 Å². The summed E-state index contributed by atoms with van der Waals surface area (Å²) in [5.74, 6) is -0.672. The summed E-state index contributed by atoms with van der Waals surface area (Å²) in [4.78, 5) is 39.4. The highest BCUT2D eigenvalue weighted by molar-refractivity contribution is 5.99. The number of aromatic amines is 4. The normalized spacial score (nSPS) is 11.2. The molecule has 8 aromatic heterocycles. The number of likely N-dealkylation sites (N-methyl/N-ethyl adjacent to an activating group) is 1. The first kappa shape index (κ1) is 50.8. The summed E-state index contributed by atoms with van der Waals surface area (Å²) in [5.41, 5.74) is 11.1. The van der Waals surface area contributed by atoms with Gasteiger partial charge in [-0.15, -0.1) is 0 Å². The van der Waals surface area contributed by atoms with Gasteiger partial charge in [0.2, 0.25) is 0 Å². The van der Waals surface area contributed by atoms with Crippen LogP contribution in [0.2, 0.25) is 0 Å². The van der Waals surface area contributed by atoms with Crippen molar-refractivity contribution < 1.29 is 17.6 Å². The Labute approximate surface area is 438 Å². The van der Waals surface area contributed by atoms with E-state index in [0.29, 0.717) is 113 Å². The topological polar surface area (TPSA) is 206 Å². The third kappa shape index (κ3) is 10.7. The van der Waals surface area contributed by atoms with Crippen molar-refractivity contribution in [2.24, 2.45) is 0 Å². The molecule has 0 saturated heterocycles. The van der Waals surface area contributed by atoms with E-state index in [1.165, 1.54) is 42.7 Å². The first-order valence-corrected chi connectivity index (χ1v) is 24.6. The van der Waals surface area contributed by atoms with Gasteiger partial charge in [0.15, 0.2) is 17.5 Å². The Morgan fingerprint density at radius 3 is 2.04 bits per heavy atom. The Hall–Kier alpha value is -9.69. The predicted octanol–water partition coefficient (Wildman–Crippen LogP) is 12.7. The average molecular weight is 1040 g/mol. The summed E-state index contributed by atoms with van der Waals surface area (Å²) in [7, 11) is 3.96. The summed E-state index contributed by atoms with van der Waals surface area (Å²) < 4.78 is 58.5. The standard InChI is InChI=1S/C28H21F2N7.C27H23F2N9.C2H6/c1-3-15(2)33-19-10-17(13-31-14-19)20-11-21-24(12-22(20)30)36-37-26(21)28-34-23-7-8-32-25(27(23)35-28)16-5-4-6-18(29)9-16;1-38(2)6-5-32-19-8-16(7-18(28)11-19)23-26-22(3-4-33-23)34-27(35-26)25-20-9-15(17-12-30-14-31-13-17)10-21(29)24(20)36-37-25;1-2/h4-14,33H,2-3H2,1H3,(H,34,35)(H,36,37);3-4,7-14,32H,5-6H2,1-2H3,(H,34,35)(H,36,37);1-2H3. The number of pyridine rings is 3. The van der Waals surface area contributed by atoms with Gasteiger partial charge in [-0.3, -0.25) is 25.1 Å². The molecular formula is C57H50F4N16. The van der Waals surface area contributed by atoms with Crippen LogP contribution in [0.4, 0.5) is 28.9 Å². The SMILES string of the molecule is C=C(CC)Nc1cncc(-c2cc3c(-c4nc5c(-c6cccc(F)c6)nccc5[nH]4)n[nH]c3cc2F)c1.CC.CN(C)CCNc1cc(F)cc(-c2nccc3[nH]c(-c4[nH]nc5c(F)cc(-c6cncnc6)cc45)nc23)c1. The molecule has 0 spiro atoms. The number of benzene rings is 4. The molecule has 0 aliphatic rings. The number of fused-ring (bicyclic) bond motifs is 4. The van der Waals surface area contributed by atoms with Gasteiger partial charge >= 0.3 is 0 Å². The fraction of sp³-hybridized carbons (Fsp3) is 0.140. The molecule has 20 heteroatoms. The minimum Gasteiger partial charge on any atom is -0.384 e. The summed E-state index contributed by atoms with van der Waals surface area (Å²) in [5, 5.41) is 22.1. The van der Waals surface area contributed by atoms with E-state index in [2.05, 4.69) is 72.5 Å². The van der Waals surface area contributed by atoms with E-state index in [4.69, 9.17) is 9.97 Å². The maximum Gasteiger partial charge on any atom is 0.159 e. The zero-order chi connectivity index (χ0) is 53.7. The van der Waals surface area contributed by atoms with Crippen molar-refractivity contribution in [2.45, 2.75) is 27.2 Å². The maximum absolute atomic E-state index is 15.1. The molecule has 0 aliphatic carbocycles. The number of nitrogens with zero attached hydrogens (tertiary/aromatic N) is 10. The summed E-state index contributed by atoms with van der Waals surface area (Å²) in [6.45, 7) is 11.4. The Balaban J connectivity index is 0.000000169. The molecule has 0 saturated carbocycles. The molecule has 8 heterocycles. The molecule has 0 radical (unpaired) electrons. The quantitative estimate of drug-likeness (QED) is 0.0597. The second kappa shape index (κ2) is 22.0. The van der Waals surface area contributed by atoms with Gasteiger partial charge in [-0.1, -0.05) is 39.5 Å². The number of aromatic nitrogens is 13. The zero-order valence-corrected chi connectivity index (χ0v) is 42.4. The third-order valence-electron chi connectivity index (χ3n) is 12.4. The molecule has 0 fully saturated rings. The fourth-order valence-electron chi connectivity index (χ4n) is 8.67. The molecule has 6 N–H and O–H groups in total. The van der Waals surface area contributed by atoms with Crippen LogP contribution in [0.15, 0.2) is 141 Å². The third-order valence-corrected chi connectivity index (χ3v) is 12.4. The largest absolute Gasteiger partial charge is 0.384 e. The van der Waals surface area contributed by atoms with E-state index in [1.54, 1.807) is 67.5 Å².